The highest BCUT2D eigenvalue weighted by Gasteiger charge is 2.21. The van der Waals surface area contributed by atoms with Gasteiger partial charge >= 0.3 is 0 Å². The summed E-state index contributed by atoms with van der Waals surface area (Å²) >= 11 is 0. The zero-order valence-electron chi connectivity index (χ0n) is 12.3. The molecule has 0 aliphatic carbocycles. The lowest BCUT2D eigenvalue weighted by molar-refractivity contribution is 0.270. The number of anilines is 1. The molecule has 2 aromatic rings. The number of nitrogens with zero attached hydrogens (tertiary/aromatic N) is 1. The molecule has 0 saturated carbocycles. The molecule has 0 atom stereocenters. The van der Waals surface area contributed by atoms with E-state index in [1.165, 1.54) is 22.4 Å². The molecule has 21 heavy (non-hydrogen) atoms. The van der Waals surface area contributed by atoms with Crippen molar-refractivity contribution in [2.24, 2.45) is 0 Å². The van der Waals surface area contributed by atoms with Crippen LogP contribution in [0.4, 0.5) is 5.69 Å². The van der Waals surface area contributed by atoms with Gasteiger partial charge in [0, 0.05) is 23.9 Å². The topological polar surface area (TPSA) is 21.7 Å². The molecule has 108 valence electrons. The summed E-state index contributed by atoms with van der Waals surface area (Å²) in [7, 11) is 0. The van der Waals surface area contributed by atoms with Crippen LogP contribution in [0.1, 0.15) is 23.1 Å². The Morgan fingerprint density at radius 1 is 0.952 bits per heavy atom. The third-order valence-corrected chi connectivity index (χ3v) is 4.23. The van der Waals surface area contributed by atoms with Gasteiger partial charge in [-0.25, -0.2) is 0 Å². The molecule has 0 N–H and O–H groups in total. The molecular formula is C18H19NO2. The van der Waals surface area contributed by atoms with Crippen LogP contribution in [-0.4, -0.2) is 13.3 Å². The molecule has 2 aliphatic rings. The number of aryl methyl sites for hydroxylation is 2. The molecule has 3 nitrogen and oxygen atoms in total. The molecule has 0 radical (unpaired) electrons. The Balaban J connectivity index is 1.63. The van der Waals surface area contributed by atoms with Gasteiger partial charge in [0.05, 0.1) is 6.61 Å². The number of rotatable bonds is 1. The van der Waals surface area contributed by atoms with Crippen LogP contribution in [0.5, 0.6) is 11.5 Å². The quantitative estimate of drug-likeness (QED) is 0.796. The minimum Gasteiger partial charge on any atom is -0.493 e. The number of ether oxygens (including phenoxy) is 2. The Hall–Kier alpha value is -2.16. The van der Waals surface area contributed by atoms with E-state index in [0.717, 1.165) is 37.5 Å². The molecule has 0 unspecified atom stereocenters. The standard InChI is InChI=1S/C18H19NO2/c1-13-4-6-16(7-5-13)19-11-15-9-14-3-2-8-20-17(14)10-18(15)21-12-19/h4-7,9-10H,2-3,8,11-12H2,1H3. The minimum atomic E-state index is 0.592. The van der Waals surface area contributed by atoms with Crippen LogP contribution in [0.15, 0.2) is 36.4 Å². The SMILES string of the molecule is Cc1ccc(N2COc3cc4c(cc3C2)CCCO4)cc1. The summed E-state index contributed by atoms with van der Waals surface area (Å²) < 4.78 is 11.7. The van der Waals surface area contributed by atoms with E-state index in [2.05, 4.69) is 48.2 Å². The van der Waals surface area contributed by atoms with Crippen molar-refractivity contribution < 1.29 is 9.47 Å². The number of hydrogen-bond donors (Lipinski definition) is 0. The first-order valence-electron chi connectivity index (χ1n) is 7.52. The van der Waals surface area contributed by atoms with E-state index in [1.54, 1.807) is 0 Å². The molecular weight excluding hydrogens is 262 g/mol. The van der Waals surface area contributed by atoms with E-state index < -0.39 is 0 Å². The molecule has 2 aliphatic heterocycles. The Kier molecular flexibility index (Phi) is 2.99. The molecule has 0 spiro atoms. The fourth-order valence-corrected chi connectivity index (χ4v) is 3.01. The maximum absolute atomic E-state index is 5.93. The zero-order chi connectivity index (χ0) is 14.2. The number of hydrogen-bond acceptors (Lipinski definition) is 3. The second-order valence-electron chi connectivity index (χ2n) is 5.83. The van der Waals surface area contributed by atoms with Gasteiger partial charge in [0.15, 0.2) is 6.73 Å². The lowest BCUT2D eigenvalue weighted by atomic mass is 10.0. The first-order valence-corrected chi connectivity index (χ1v) is 7.52. The van der Waals surface area contributed by atoms with Crippen molar-refractivity contribution in [3.05, 3.63) is 53.1 Å². The second kappa shape index (κ2) is 4.99. The van der Waals surface area contributed by atoms with E-state index >= 15 is 0 Å². The first-order chi connectivity index (χ1) is 10.3. The number of benzene rings is 2. The Bertz CT molecular complexity index is 664. The lowest BCUT2D eigenvalue weighted by Gasteiger charge is -2.32. The van der Waals surface area contributed by atoms with E-state index in [4.69, 9.17) is 9.47 Å². The van der Waals surface area contributed by atoms with E-state index in [0.29, 0.717) is 6.73 Å². The van der Waals surface area contributed by atoms with Gasteiger partial charge in [0.2, 0.25) is 0 Å². The lowest BCUT2D eigenvalue weighted by Crippen LogP contribution is -2.32. The van der Waals surface area contributed by atoms with Crippen LogP contribution in [-0.2, 0) is 13.0 Å². The highest BCUT2D eigenvalue weighted by atomic mass is 16.5. The molecule has 0 fully saturated rings. The van der Waals surface area contributed by atoms with Crippen molar-refractivity contribution in [1.82, 2.24) is 0 Å². The van der Waals surface area contributed by atoms with E-state index in [1.807, 2.05) is 0 Å². The Labute approximate surface area is 125 Å². The second-order valence-corrected chi connectivity index (χ2v) is 5.83. The summed E-state index contributed by atoms with van der Waals surface area (Å²) in [6.07, 6.45) is 2.21. The summed E-state index contributed by atoms with van der Waals surface area (Å²) in [5, 5.41) is 0. The molecule has 2 aromatic carbocycles. The van der Waals surface area contributed by atoms with Crippen LogP contribution in [0.25, 0.3) is 0 Å². The van der Waals surface area contributed by atoms with Gasteiger partial charge in [0.1, 0.15) is 11.5 Å². The maximum atomic E-state index is 5.93. The summed E-state index contributed by atoms with van der Waals surface area (Å²) in [5.41, 5.74) is 5.06. The van der Waals surface area contributed by atoms with Crippen molar-refractivity contribution in [2.75, 3.05) is 18.2 Å². The van der Waals surface area contributed by atoms with Crippen LogP contribution in [0.3, 0.4) is 0 Å². The van der Waals surface area contributed by atoms with E-state index in [-0.39, 0.29) is 0 Å². The highest BCUT2D eigenvalue weighted by Crippen LogP contribution is 2.36. The van der Waals surface area contributed by atoms with Crippen molar-refractivity contribution in [2.45, 2.75) is 26.3 Å². The van der Waals surface area contributed by atoms with Crippen LogP contribution in [0.2, 0.25) is 0 Å². The van der Waals surface area contributed by atoms with Crippen molar-refractivity contribution in [1.29, 1.82) is 0 Å². The predicted octanol–water partition coefficient (Wildman–Crippen LogP) is 3.68. The molecule has 0 aromatic heterocycles. The van der Waals surface area contributed by atoms with Crippen LogP contribution >= 0.6 is 0 Å². The molecule has 4 rings (SSSR count). The Morgan fingerprint density at radius 2 is 1.76 bits per heavy atom. The largest absolute Gasteiger partial charge is 0.493 e. The first kappa shape index (κ1) is 12.6. The average molecular weight is 281 g/mol. The normalized spacial score (nSPS) is 16.5. The highest BCUT2D eigenvalue weighted by molar-refractivity contribution is 5.54. The third kappa shape index (κ3) is 2.33. The monoisotopic (exact) mass is 281 g/mol. The average Bonchev–Trinajstić information content (AvgIpc) is 2.53. The predicted molar refractivity (Wildman–Crippen MR) is 83.1 cm³/mol. The molecule has 0 bridgehead atoms. The van der Waals surface area contributed by atoms with Gasteiger partial charge in [-0.05, 0) is 43.5 Å². The summed E-state index contributed by atoms with van der Waals surface area (Å²) in [6.45, 7) is 4.42. The molecule has 3 heteroatoms. The van der Waals surface area contributed by atoms with Crippen molar-refractivity contribution in [3.8, 4) is 11.5 Å². The van der Waals surface area contributed by atoms with E-state index in [9.17, 15) is 0 Å². The van der Waals surface area contributed by atoms with Gasteiger partial charge in [0.25, 0.3) is 0 Å². The summed E-state index contributed by atoms with van der Waals surface area (Å²) in [5.74, 6) is 1.97. The smallest absolute Gasteiger partial charge is 0.161 e. The third-order valence-electron chi connectivity index (χ3n) is 4.23. The van der Waals surface area contributed by atoms with Crippen molar-refractivity contribution >= 4 is 5.69 Å². The van der Waals surface area contributed by atoms with Gasteiger partial charge in [-0.1, -0.05) is 17.7 Å². The van der Waals surface area contributed by atoms with Gasteiger partial charge in [-0.3, -0.25) is 0 Å². The van der Waals surface area contributed by atoms with Gasteiger partial charge in [-0.15, -0.1) is 0 Å². The molecule has 2 heterocycles. The van der Waals surface area contributed by atoms with Gasteiger partial charge in [-0.2, -0.15) is 0 Å². The number of fused-ring (bicyclic) bond motifs is 2. The van der Waals surface area contributed by atoms with Crippen LogP contribution < -0.4 is 14.4 Å². The van der Waals surface area contributed by atoms with Crippen LogP contribution in [0, 0.1) is 6.92 Å². The molecule has 0 saturated heterocycles. The molecule has 0 amide bonds. The fraction of sp³-hybridized carbons (Fsp3) is 0.333. The fourth-order valence-electron chi connectivity index (χ4n) is 3.01. The van der Waals surface area contributed by atoms with Gasteiger partial charge < -0.3 is 14.4 Å². The Morgan fingerprint density at radius 3 is 2.62 bits per heavy atom. The maximum Gasteiger partial charge on any atom is 0.161 e. The zero-order valence-corrected chi connectivity index (χ0v) is 12.3. The van der Waals surface area contributed by atoms with Crippen molar-refractivity contribution in [3.63, 3.8) is 0 Å². The summed E-state index contributed by atoms with van der Waals surface area (Å²) in [4.78, 5) is 2.26. The summed E-state index contributed by atoms with van der Waals surface area (Å²) in [6, 6.07) is 12.9. The minimum absolute atomic E-state index is 0.592.